The number of nitrogens with two attached hydrogens (primary N) is 1. The summed E-state index contributed by atoms with van der Waals surface area (Å²) in [5.74, 6) is 1.04. The van der Waals surface area contributed by atoms with Crippen molar-refractivity contribution in [2.24, 2.45) is 5.73 Å². The lowest BCUT2D eigenvalue weighted by Crippen LogP contribution is -2.46. The van der Waals surface area contributed by atoms with Gasteiger partial charge in [-0.3, -0.25) is 9.69 Å². The second kappa shape index (κ2) is 7.70. The zero-order valence-corrected chi connectivity index (χ0v) is 17.1. The van der Waals surface area contributed by atoms with Gasteiger partial charge in [-0.25, -0.2) is 0 Å². The van der Waals surface area contributed by atoms with Gasteiger partial charge in [-0.05, 0) is 24.6 Å². The molecule has 0 unspecified atom stereocenters. The van der Waals surface area contributed by atoms with Crippen molar-refractivity contribution in [1.29, 1.82) is 0 Å². The number of hydrogen-bond acceptors (Lipinski definition) is 5. The average Bonchev–Trinajstić information content (AvgIpc) is 3.36. The Morgan fingerprint density at radius 2 is 1.77 bits per heavy atom. The van der Waals surface area contributed by atoms with Gasteiger partial charge in [0.2, 0.25) is 5.91 Å². The fourth-order valence-electron chi connectivity index (χ4n) is 4.61. The van der Waals surface area contributed by atoms with Crippen LogP contribution in [0.1, 0.15) is 17.7 Å². The first-order valence-electron chi connectivity index (χ1n) is 10.5. The maximum Gasteiger partial charge on any atom is 0.240 e. The summed E-state index contributed by atoms with van der Waals surface area (Å²) in [6.07, 6.45) is 1.41. The number of benzene rings is 2. The number of aromatic nitrogens is 1. The predicted molar refractivity (Wildman–Crippen MR) is 116 cm³/mol. The highest BCUT2D eigenvalue weighted by Gasteiger charge is 2.37. The van der Waals surface area contributed by atoms with Crippen LogP contribution in [-0.4, -0.2) is 53.1 Å². The van der Waals surface area contributed by atoms with E-state index in [1.165, 1.54) is 5.56 Å². The minimum atomic E-state index is -0.130. The third kappa shape index (κ3) is 3.42. The Balaban J connectivity index is 1.38. The van der Waals surface area contributed by atoms with E-state index < -0.39 is 0 Å². The van der Waals surface area contributed by atoms with Gasteiger partial charge in [-0.1, -0.05) is 59.8 Å². The van der Waals surface area contributed by atoms with Gasteiger partial charge in [-0.2, -0.15) is 0 Å². The molecule has 3 aromatic rings. The summed E-state index contributed by atoms with van der Waals surface area (Å²) in [5.41, 5.74) is 11.3. The molecule has 6 nitrogen and oxygen atoms in total. The quantitative estimate of drug-likeness (QED) is 0.729. The lowest BCUT2D eigenvalue weighted by Gasteiger charge is -2.30. The molecular weight excluding hydrogens is 376 g/mol. The van der Waals surface area contributed by atoms with Gasteiger partial charge < -0.3 is 15.2 Å². The van der Waals surface area contributed by atoms with Crippen LogP contribution in [0.5, 0.6) is 0 Å². The normalized spacial score (nSPS) is 21.6. The SMILES string of the molecule is CN1C[C@@H](N)C[C@H]1C(=O)N1CCc2onc(-c3ccc(-c4ccccc4)cc3)c2C1. The Hall–Kier alpha value is -2.96. The van der Waals surface area contributed by atoms with E-state index in [-0.39, 0.29) is 18.0 Å². The van der Waals surface area contributed by atoms with Crippen molar-refractivity contribution in [2.75, 3.05) is 20.1 Å². The molecule has 0 radical (unpaired) electrons. The van der Waals surface area contributed by atoms with E-state index >= 15 is 0 Å². The number of hydrogen-bond donors (Lipinski definition) is 1. The van der Waals surface area contributed by atoms with Gasteiger partial charge in [0, 0.05) is 36.7 Å². The number of nitrogens with zero attached hydrogens (tertiary/aromatic N) is 3. The molecule has 0 bridgehead atoms. The first-order valence-corrected chi connectivity index (χ1v) is 10.5. The van der Waals surface area contributed by atoms with Gasteiger partial charge in [0.25, 0.3) is 0 Å². The zero-order chi connectivity index (χ0) is 20.7. The number of fused-ring (bicyclic) bond motifs is 1. The van der Waals surface area contributed by atoms with Crippen molar-refractivity contribution < 1.29 is 9.32 Å². The molecule has 2 aliphatic heterocycles. The van der Waals surface area contributed by atoms with Crippen molar-refractivity contribution in [2.45, 2.75) is 31.5 Å². The van der Waals surface area contributed by atoms with Crippen LogP contribution in [0, 0.1) is 0 Å². The number of carbonyl (C=O) groups excluding carboxylic acids is 1. The van der Waals surface area contributed by atoms with Crippen molar-refractivity contribution in [1.82, 2.24) is 15.0 Å². The number of amides is 1. The minimum Gasteiger partial charge on any atom is -0.360 e. The molecule has 2 N–H and O–H groups in total. The van der Waals surface area contributed by atoms with Crippen molar-refractivity contribution in [3.63, 3.8) is 0 Å². The van der Waals surface area contributed by atoms with Gasteiger partial charge in [0.1, 0.15) is 11.5 Å². The third-order valence-corrected chi connectivity index (χ3v) is 6.27. The first-order chi connectivity index (χ1) is 14.6. The van der Waals surface area contributed by atoms with Gasteiger partial charge >= 0.3 is 0 Å². The Kier molecular flexibility index (Phi) is 4.89. The topological polar surface area (TPSA) is 75.6 Å². The second-order valence-electron chi connectivity index (χ2n) is 8.34. The Bertz CT molecular complexity index is 1040. The van der Waals surface area contributed by atoms with E-state index in [1.807, 2.05) is 30.1 Å². The number of rotatable bonds is 3. The summed E-state index contributed by atoms with van der Waals surface area (Å²) in [6, 6.07) is 18.6. The maximum atomic E-state index is 13.1. The van der Waals surface area contributed by atoms with Gasteiger partial charge in [-0.15, -0.1) is 0 Å². The van der Waals surface area contributed by atoms with Crippen LogP contribution in [-0.2, 0) is 17.8 Å². The first kappa shape index (κ1) is 19.0. The van der Waals surface area contributed by atoms with E-state index in [0.29, 0.717) is 19.5 Å². The van der Waals surface area contributed by atoms with E-state index in [4.69, 9.17) is 10.3 Å². The molecule has 6 heteroatoms. The van der Waals surface area contributed by atoms with Crippen molar-refractivity contribution >= 4 is 5.91 Å². The largest absolute Gasteiger partial charge is 0.360 e. The van der Waals surface area contributed by atoms with Crippen molar-refractivity contribution in [3.05, 3.63) is 65.9 Å². The van der Waals surface area contributed by atoms with Crippen LogP contribution < -0.4 is 5.73 Å². The highest BCUT2D eigenvalue weighted by molar-refractivity contribution is 5.83. The molecule has 5 rings (SSSR count). The van der Waals surface area contributed by atoms with Crippen LogP contribution in [0.25, 0.3) is 22.4 Å². The number of likely N-dealkylation sites (N-methyl/N-ethyl adjacent to an activating group) is 1. The van der Waals surface area contributed by atoms with Crippen LogP contribution in [0.3, 0.4) is 0 Å². The molecule has 1 fully saturated rings. The summed E-state index contributed by atoms with van der Waals surface area (Å²) in [5, 5.41) is 4.35. The summed E-state index contributed by atoms with van der Waals surface area (Å²) in [4.78, 5) is 17.1. The number of carbonyl (C=O) groups is 1. The molecule has 0 aliphatic carbocycles. The standard InChI is InChI=1S/C24H26N4O2/c1-27-14-19(25)13-21(27)24(29)28-12-11-22-20(15-28)23(26-30-22)18-9-7-17(8-10-18)16-5-3-2-4-6-16/h2-10,19,21H,11-15,25H2,1H3/t19-,21-/m0/s1. The van der Waals surface area contributed by atoms with E-state index in [2.05, 4.69) is 46.5 Å². The van der Waals surface area contributed by atoms with E-state index in [9.17, 15) is 4.79 Å². The zero-order valence-electron chi connectivity index (χ0n) is 17.1. The van der Waals surface area contributed by atoms with Crippen molar-refractivity contribution in [3.8, 4) is 22.4 Å². The summed E-state index contributed by atoms with van der Waals surface area (Å²) < 4.78 is 5.63. The highest BCUT2D eigenvalue weighted by Crippen LogP contribution is 2.32. The monoisotopic (exact) mass is 402 g/mol. The van der Waals surface area contributed by atoms with E-state index in [0.717, 1.165) is 41.1 Å². The summed E-state index contributed by atoms with van der Waals surface area (Å²) >= 11 is 0. The number of likely N-dealkylation sites (tertiary alicyclic amines) is 1. The summed E-state index contributed by atoms with van der Waals surface area (Å²) in [7, 11) is 1.98. The molecule has 3 heterocycles. The second-order valence-corrected chi connectivity index (χ2v) is 8.34. The Morgan fingerprint density at radius 3 is 2.47 bits per heavy atom. The average molecular weight is 402 g/mol. The Labute approximate surface area is 176 Å². The highest BCUT2D eigenvalue weighted by atomic mass is 16.5. The molecule has 0 spiro atoms. The molecular formula is C24H26N4O2. The van der Waals surface area contributed by atoms with Crippen LogP contribution in [0.15, 0.2) is 59.1 Å². The molecule has 30 heavy (non-hydrogen) atoms. The minimum absolute atomic E-state index is 0.0681. The maximum absolute atomic E-state index is 13.1. The molecule has 1 aromatic heterocycles. The lowest BCUT2D eigenvalue weighted by atomic mass is 9.98. The molecule has 0 saturated carbocycles. The third-order valence-electron chi connectivity index (χ3n) is 6.27. The van der Waals surface area contributed by atoms with Crippen LogP contribution >= 0.6 is 0 Å². The molecule has 154 valence electrons. The van der Waals surface area contributed by atoms with Crippen LogP contribution in [0.2, 0.25) is 0 Å². The molecule has 1 saturated heterocycles. The molecule has 2 atom stereocenters. The fraction of sp³-hybridized carbons (Fsp3) is 0.333. The lowest BCUT2D eigenvalue weighted by molar-refractivity contribution is -0.136. The predicted octanol–water partition coefficient (Wildman–Crippen LogP) is 2.92. The molecule has 2 aromatic carbocycles. The van der Waals surface area contributed by atoms with Gasteiger partial charge in [0.15, 0.2) is 0 Å². The molecule has 2 aliphatic rings. The van der Waals surface area contributed by atoms with Gasteiger partial charge in [0.05, 0.1) is 12.6 Å². The summed E-state index contributed by atoms with van der Waals surface area (Å²) in [6.45, 7) is 1.96. The Morgan fingerprint density at radius 1 is 1.07 bits per heavy atom. The smallest absolute Gasteiger partial charge is 0.240 e. The molecule has 1 amide bonds. The fourth-order valence-corrected chi connectivity index (χ4v) is 4.61. The van der Waals surface area contributed by atoms with Crippen LogP contribution in [0.4, 0.5) is 0 Å². The van der Waals surface area contributed by atoms with E-state index in [1.54, 1.807) is 0 Å².